The van der Waals surface area contributed by atoms with E-state index in [-0.39, 0.29) is 29.3 Å². The Hall–Kier alpha value is -1.37. The number of hydrogen-bond acceptors (Lipinski definition) is 6. The maximum atomic E-state index is 13.6. The van der Waals surface area contributed by atoms with Crippen LogP contribution in [-0.2, 0) is 29.7 Å². The Kier molecular flexibility index (Phi) is 6.25. The number of alkyl halides is 2. The first kappa shape index (κ1) is 20.7. The van der Waals surface area contributed by atoms with Crippen LogP contribution in [-0.4, -0.2) is 48.8 Å². The molecule has 12 heteroatoms. The van der Waals surface area contributed by atoms with Crippen LogP contribution < -0.4 is 0 Å². The Balaban J connectivity index is 3.09. The van der Waals surface area contributed by atoms with E-state index in [1.807, 2.05) is 0 Å². The van der Waals surface area contributed by atoms with Gasteiger partial charge in [0.1, 0.15) is 0 Å². The Labute approximate surface area is 138 Å². The maximum absolute atomic E-state index is 13.6. The number of hydrogen-bond donors (Lipinski definition) is 1. The second-order valence-corrected chi connectivity index (χ2v) is 8.78. The van der Waals surface area contributed by atoms with Gasteiger partial charge in [0.15, 0.2) is 0 Å². The molecule has 1 rings (SSSR count). The van der Waals surface area contributed by atoms with Crippen LogP contribution in [0, 0.1) is 0 Å². The summed E-state index contributed by atoms with van der Waals surface area (Å²) >= 11 is 0. The number of rotatable bonds is 6. The Bertz CT molecular complexity index is 743. The lowest BCUT2D eigenvalue weighted by Crippen LogP contribution is -2.52. The first-order valence-corrected chi connectivity index (χ1v) is 9.60. The predicted octanol–water partition coefficient (Wildman–Crippen LogP) is 1.24. The van der Waals surface area contributed by atoms with E-state index in [2.05, 4.69) is 11.3 Å². The molecule has 1 aliphatic heterocycles. The molecule has 138 valence electrons. The number of piperidine rings is 1. The van der Waals surface area contributed by atoms with E-state index < -0.39 is 36.7 Å². The standard InChI is InChI=1S/C12H17F2NO7S2/c1-9(2)11(16)22-8-6-10-5-3-4-7-15(10)23(17,18)12(13,14)24(19,20)21/h6,8,10H,1,3-5,7H2,2H3,(H,19,20,21). The molecule has 0 bridgehead atoms. The van der Waals surface area contributed by atoms with E-state index in [1.165, 1.54) is 6.92 Å². The van der Waals surface area contributed by atoms with Crippen molar-refractivity contribution in [3.8, 4) is 0 Å². The van der Waals surface area contributed by atoms with Gasteiger partial charge in [0, 0.05) is 18.2 Å². The third-order valence-electron chi connectivity index (χ3n) is 3.23. The van der Waals surface area contributed by atoms with E-state index in [1.54, 1.807) is 0 Å². The van der Waals surface area contributed by atoms with Gasteiger partial charge in [0.25, 0.3) is 10.0 Å². The van der Waals surface area contributed by atoms with Crippen LogP contribution in [0.2, 0.25) is 0 Å². The predicted molar refractivity (Wildman–Crippen MR) is 79.8 cm³/mol. The number of sulfonamides is 1. The molecule has 1 unspecified atom stereocenters. The molecule has 0 aromatic carbocycles. The Morgan fingerprint density at radius 2 is 1.92 bits per heavy atom. The topological polar surface area (TPSA) is 118 Å². The number of halogens is 2. The number of esters is 1. The van der Waals surface area contributed by atoms with E-state index in [0.29, 0.717) is 6.42 Å². The normalized spacial score (nSPS) is 20.9. The van der Waals surface area contributed by atoms with E-state index in [9.17, 15) is 30.4 Å². The number of carbonyl (C=O) groups is 1. The summed E-state index contributed by atoms with van der Waals surface area (Å²) in [5.41, 5.74) is 0.0747. The average Bonchev–Trinajstić information content (AvgIpc) is 2.46. The summed E-state index contributed by atoms with van der Waals surface area (Å²) in [4.78, 5) is 11.2. The maximum Gasteiger partial charge on any atom is 0.484 e. The van der Waals surface area contributed by atoms with Crippen LogP contribution in [0.25, 0.3) is 0 Å². The number of nitrogens with zero attached hydrogens (tertiary/aromatic N) is 1. The van der Waals surface area contributed by atoms with Gasteiger partial charge in [0.2, 0.25) is 0 Å². The fraction of sp³-hybridized carbons (Fsp3) is 0.583. The van der Waals surface area contributed by atoms with Crippen LogP contribution >= 0.6 is 0 Å². The lowest BCUT2D eigenvalue weighted by molar-refractivity contribution is -0.133. The van der Waals surface area contributed by atoms with Gasteiger partial charge in [-0.2, -0.15) is 21.5 Å². The van der Waals surface area contributed by atoms with E-state index >= 15 is 0 Å². The fourth-order valence-electron chi connectivity index (χ4n) is 1.98. The second-order valence-electron chi connectivity index (χ2n) is 5.13. The van der Waals surface area contributed by atoms with Gasteiger partial charge in [-0.15, -0.1) is 0 Å². The molecule has 0 aliphatic carbocycles. The van der Waals surface area contributed by atoms with Gasteiger partial charge < -0.3 is 4.74 Å². The Morgan fingerprint density at radius 1 is 1.33 bits per heavy atom. The molecule has 0 saturated carbocycles. The van der Waals surface area contributed by atoms with E-state index in [4.69, 9.17) is 4.55 Å². The molecule has 1 N–H and O–H groups in total. The monoisotopic (exact) mass is 389 g/mol. The highest BCUT2D eigenvalue weighted by Gasteiger charge is 2.61. The molecule has 1 heterocycles. The van der Waals surface area contributed by atoms with Gasteiger partial charge in [-0.05, 0) is 25.8 Å². The van der Waals surface area contributed by atoms with Crippen LogP contribution in [0.5, 0.6) is 0 Å². The van der Waals surface area contributed by atoms with Crippen molar-refractivity contribution < 1.29 is 39.7 Å². The SMILES string of the molecule is C=C(C)C(=O)OC=CC1CCCCN1S(=O)(=O)C(F)(F)S(=O)(=O)O. The molecule has 0 radical (unpaired) electrons. The van der Waals surface area contributed by atoms with Crippen molar-refractivity contribution in [2.75, 3.05) is 6.54 Å². The zero-order valence-corrected chi connectivity index (χ0v) is 14.3. The third kappa shape index (κ3) is 4.18. The first-order chi connectivity index (χ1) is 10.8. The molecular formula is C12H17F2NO7S2. The third-order valence-corrected chi connectivity index (χ3v) is 6.77. The molecular weight excluding hydrogens is 372 g/mol. The van der Waals surface area contributed by atoms with Crippen molar-refractivity contribution in [3.05, 3.63) is 24.5 Å². The van der Waals surface area contributed by atoms with Crippen LogP contribution in [0.1, 0.15) is 26.2 Å². The van der Waals surface area contributed by atoms with Crippen molar-refractivity contribution in [1.29, 1.82) is 0 Å². The zero-order valence-electron chi connectivity index (χ0n) is 12.7. The summed E-state index contributed by atoms with van der Waals surface area (Å²) in [6, 6.07) is -1.14. The summed E-state index contributed by atoms with van der Waals surface area (Å²) in [6.07, 6.45) is 2.73. The van der Waals surface area contributed by atoms with Crippen molar-refractivity contribution in [2.45, 2.75) is 36.8 Å². The summed E-state index contributed by atoms with van der Waals surface area (Å²) in [5.74, 6) is -0.792. The molecule has 0 amide bonds. The number of carbonyl (C=O) groups excluding carboxylic acids is 1. The summed E-state index contributed by atoms with van der Waals surface area (Å²) < 4.78 is 80.7. The van der Waals surface area contributed by atoms with Crippen LogP contribution in [0.15, 0.2) is 24.5 Å². The van der Waals surface area contributed by atoms with E-state index in [0.717, 1.165) is 12.3 Å². The first-order valence-electron chi connectivity index (χ1n) is 6.71. The molecule has 0 aromatic rings. The van der Waals surface area contributed by atoms with Gasteiger partial charge in [-0.25, -0.2) is 13.2 Å². The highest BCUT2D eigenvalue weighted by atomic mass is 32.3. The summed E-state index contributed by atoms with van der Waals surface area (Å²) in [6.45, 7) is 4.34. The molecule has 1 aliphatic rings. The zero-order chi connectivity index (χ0) is 18.8. The Morgan fingerprint density at radius 3 is 2.42 bits per heavy atom. The average molecular weight is 389 g/mol. The van der Waals surface area contributed by atoms with Gasteiger partial charge in [-0.1, -0.05) is 13.0 Å². The summed E-state index contributed by atoms with van der Waals surface area (Å²) in [5, 5.41) is 0. The molecule has 1 saturated heterocycles. The minimum Gasteiger partial charge on any atom is -0.431 e. The van der Waals surface area contributed by atoms with Crippen molar-refractivity contribution in [1.82, 2.24) is 4.31 Å². The summed E-state index contributed by atoms with van der Waals surface area (Å²) in [7, 11) is -11.8. The molecule has 1 atom stereocenters. The lowest BCUT2D eigenvalue weighted by atomic mass is 10.1. The molecule has 1 fully saturated rings. The second kappa shape index (κ2) is 7.25. The smallest absolute Gasteiger partial charge is 0.431 e. The van der Waals surface area contributed by atoms with Gasteiger partial charge in [-0.3, -0.25) is 4.55 Å². The largest absolute Gasteiger partial charge is 0.484 e. The van der Waals surface area contributed by atoms with Crippen molar-refractivity contribution >= 4 is 26.1 Å². The fourth-order valence-corrected chi connectivity index (χ4v) is 4.51. The van der Waals surface area contributed by atoms with Gasteiger partial charge >= 0.3 is 20.7 Å². The molecule has 8 nitrogen and oxygen atoms in total. The van der Waals surface area contributed by atoms with Crippen molar-refractivity contribution in [2.24, 2.45) is 0 Å². The molecule has 0 spiro atoms. The van der Waals surface area contributed by atoms with Gasteiger partial charge in [0.05, 0.1) is 6.26 Å². The van der Waals surface area contributed by atoms with Crippen LogP contribution in [0.4, 0.5) is 8.78 Å². The lowest BCUT2D eigenvalue weighted by Gasteiger charge is -2.34. The molecule has 24 heavy (non-hydrogen) atoms. The highest BCUT2D eigenvalue weighted by Crippen LogP contribution is 2.34. The van der Waals surface area contributed by atoms with Crippen LogP contribution in [0.3, 0.4) is 0 Å². The minimum absolute atomic E-state index is 0.0747. The minimum atomic E-state index is -6.16. The molecule has 0 aromatic heterocycles. The quantitative estimate of drug-likeness (QED) is 0.314. The number of ether oxygens (including phenoxy) is 1. The highest BCUT2D eigenvalue weighted by molar-refractivity contribution is 8.06. The van der Waals surface area contributed by atoms with Crippen molar-refractivity contribution in [3.63, 3.8) is 0 Å².